The van der Waals surface area contributed by atoms with Gasteiger partial charge in [-0.1, -0.05) is 49.4 Å². The van der Waals surface area contributed by atoms with E-state index in [9.17, 15) is 18.0 Å². The van der Waals surface area contributed by atoms with Crippen molar-refractivity contribution >= 4 is 5.78 Å². The van der Waals surface area contributed by atoms with E-state index in [1.54, 1.807) is 6.08 Å². The first-order chi connectivity index (χ1) is 9.88. The van der Waals surface area contributed by atoms with E-state index < -0.39 is 17.5 Å². The van der Waals surface area contributed by atoms with Crippen LogP contribution in [0.15, 0.2) is 60.2 Å². The summed E-state index contributed by atoms with van der Waals surface area (Å²) in [7, 11) is 0. The van der Waals surface area contributed by atoms with Crippen LogP contribution in [0.1, 0.15) is 29.3 Å². The third-order valence-electron chi connectivity index (χ3n) is 3.27. The largest absolute Gasteiger partial charge is 0.417 e. The van der Waals surface area contributed by atoms with Gasteiger partial charge in [-0.25, -0.2) is 0 Å². The van der Waals surface area contributed by atoms with Crippen molar-refractivity contribution in [3.05, 3.63) is 71.3 Å². The molecule has 0 aliphatic heterocycles. The summed E-state index contributed by atoms with van der Waals surface area (Å²) in [5.41, 5.74) is -0.387. The lowest BCUT2D eigenvalue weighted by atomic mass is 9.97. The van der Waals surface area contributed by atoms with Crippen LogP contribution < -0.4 is 0 Å². The minimum Gasteiger partial charge on any atom is -0.289 e. The third-order valence-corrected chi connectivity index (χ3v) is 3.27. The molecule has 1 aromatic rings. The molecule has 1 nitrogen and oxygen atoms in total. The number of carbonyl (C=O) groups excluding carboxylic acids is 1. The normalized spacial score (nSPS) is 18.9. The molecule has 0 N–H and O–H groups in total. The predicted molar refractivity (Wildman–Crippen MR) is 75.9 cm³/mol. The first-order valence-corrected chi connectivity index (χ1v) is 6.65. The fourth-order valence-corrected chi connectivity index (χ4v) is 2.07. The fraction of sp³-hybridized carbons (Fsp3) is 0.235. The smallest absolute Gasteiger partial charge is 0.289 e. The SMILES string of the molecule is CC1C=CC(/C=C/C(=O)c2ccccc2C(F)(F)F)=CC1. The van der Waals surface area contributed by atoms with Gasteiger partial charge in [0.15, 0.2) is 5.78 Å². The maximum atomic E-state index is 12.8. The Labute approximate surface area is 121 Å². The van der Waals surface area contributed by atoms with Crippen LogP contribution in [0.25, 0.3) is 0 Å². The van der Waals surface area contributed by atoms with Gasteiger partial charge in [0, 0.05) is 5.56 Å². The van der Waals surface area contributed by atoms with Crippen LogP contribution in [0.5, 0.6) is 0 Å². The standard InChI is InChI=1S/C17H15F3O/c1-12-6-8-13(9-7-12)10-11-16(21)14-4-2-3-5-15(14)17(18,19)20/h2-6,8-12H,7H2,1H3/b11-10+. The highest BCUT2D eigenvalue weighted by Crippen LogP contribution is 2.32. The van der Waals surface area contributed by atoms with Crippen LogP contribution in [0.2, 0.25) is 0 Å². The molecule has 0 amide bonds. The lowest BCUT2D eigenvalue weighted by Crippen LogP contribution is -2.11. The molecule has 1 aliphatic rings. The van der Waals surface area contributed by atoms with Gasteiger partial charge in [-0.05, 0) is 30.1 Å². The fourth-order valence-electron chi connectivity index (χ4n) is 2.07. The summed E-state index contributed by atoms with van der Waals surface area (Å²) in [6.45, 7) is 2.07. The summed E-state index contributed by atoms with van der Waals surface area (Å²) in [5.74, 6) is -0.195. The van der Waals surface area contributed by atoms with Crippen LogP contribution in [0, 0.1) is 5.92 Å². The van der Waals surface area contributed by atoms with Gasteiger partial charge in [0.25, 0.3) is 0 Å². The van der Waals surface area contributed by atoms with E-state index in [0.717, 1.165) is 18.1 Å². The van der Waals surface area contributed by atoms with Crippen molar-refractivity contribution in [1.29, 1.82) is 0 Å². The molecule has 0 spiro atoms. The van der Waals surface area contributed by atoms with Crippen LogP contribution in [0.4, 0.5) is 13.2 Å². The Morgan fingerprint density at radius 1 is 1.29 bits per heavy atom. The maximum Gasteiger partial charge on any atom is 0.417 e. The summed E-state index contributed by atoms with van der Waals surface area (Å²) in [4.78, 5) is 12.0. The van der Waals surface area contributed by atoms with Crippen molar-refractivity contribution in [1.82, 2.24) is 0 Å². The maximum absolute atomic E-state index is 12.8. The molecule has 0 bridgehead atoms. The van der Waals surface area contributed by atoms with E-state index in [-0.39, 0.29) is 5.56 Å². The van der Waals surface area contributed by atoms with Crippen molar-refractivity contribution < 1.29 is 18.0 Å². The second-order valence-electron chi connectivity index (χ2n) is 5.02. The van der Waals surface area contributed by atoms with Gasteiger partial charge in [0.1, 0.15) is 0 Å². The monoisotopic (exact) mass is 292 g/mol. The average molecular weight is 292 g/mol. The molecule has 0 saturated heterocycles. The van der Waals surface area contributed by atoms with Gasteiger partial charge < -0.3 is 0 Å². The number of allylic oxidation sites excluding steroid dienone is 6. The van der Waals surface area contributed by atoms with Gasteiger partial charge in [-0.2, -0.15) is 13.2 Å². The Kier molecular flexibility index (Phi) is 4.46. The van der Waals surface area contributed by atoms with E-state index >= 15 is 0 Å². The van der Waals surface area contributed by atoms with E-state index in [1.165, 1.54) is 24.3 Å². The van der Waals surface area contributed by atoms with Crippen LogP contribution in [-0.2, 0) is 6.18 Å². The summed E-state index contributed by atoms with van der Waals surface area (Å²) in [6, 6.07) is 4.82. The third kappa shape index (κ3) is 3.94. The summed E-state index contributed by atoms with van der Waals surface area (Å²) >= 11 is 0. The minimum absolute atomic E-state index is 0.324. The molecule has 2 rings (SSSR count). The minimum atomic E-state index is -4.53. The Morgan fingerprint density at radius 2 is 2.00 bits per heavy atom. The van der Waals surface area contributed by atoms with Crippen molar-refractivity contribution in [3.63, 3.8) is 0 Å². The number of hydrogen-bond acceptors (Lipinski definition) is 1. The quantitative estimate of drug-likeness (QED) is 0.568. The van der Waals surface area contributed by atoms with Crippen molar-refractivity contribution in [2.24, 2.45) is 5.92 Å². The second kappa shape index (κ2) is 6.12. The second-order valence-corrected chi connectivity index (χ2v) is 5.02. The zero-order valence-electron chi connectivity index (χ0n) is 11.5. The molecule has 1 atom stereocenters. The number of benzene rings is 1. The lowest BCUT2D eigenvalue weighted by molar-refractivity contribution is -0.137. The van der Waals surface area contributed by atoms with E-state index in [0.29, 0.717) is 5.92 Å². The topological polar surface area (TPSA) is 17.1 Å². The molecule has 0 radical (unpaired) electrons. The molecule has 4 heteroatoms. The number of rotatable bonds is 3. The summed E-state index contributed by atoms with van der Waals surface area (Å²) in [6.07, 6.45) is 4.92. The van der Waals surface area contributed by atoms with Crippen LogP contribution in [0.3, 0.4) is 0 Å². The molecule has 1 unspecified atom stereocenters. The van der Waals surface area contributed by atoms with Crippen molar-refractivity contribution in [3.8, 4) is 0 Å². The van der Waals surface area contributed by atoms with Crippen molar-refractivity contribution in [2.45, 2.75) is 19.5 Å². The molecular formula is C17H15F3O. The zero-order valence-corrected chi connectivity index (χ0v) is 11.5. The van der Waals surface area contributed by atoms with Crippen LogP contribution in [-0.4, -0.2) is 5.78 Å². The van der Waals surface area contributed by atoms with E-state index in [1.807, 2.05) is 18.2 Å². The molecule has 0 fully saturated rings. The Hall–Kier alpha value is -2.10. The highest BCUT2D eigenvalue weighted by molar-refractivity contribution is 6.06. The van der Waals surface area contributed by atoms with Crippen LogP contribution >= 0.6 is 0 Å². The first-order valence-electron chi connectivity index (χ1n) is 6.65. The number of hydrogen-bond donors (Lipinski definition) is 0. The van der Waals surface area contributed by atoms with Gasteiger partial charge in [0.05, 0.1) is 5.56 Å². The molecule has 1 aliphatic carbocycles. The summed E-state index contributed by atoms with van der Waals surface area (Å²) < 4.78 is 38.5. The lowest BCUT2D eigenvalue weighted by Gasteiger charge is -2.10. The predicted octanol–water partition coefficient (Wildman–Crippen LogP) is 4.97. The molecule has 0 saturated carbocycles. The van der Waals surface area contributed by atoms with E-state index in [2.05, 4.69) is 6.92 Å². The van der Waals surface area contributed by atoms with Gasteiger partial charge in [0.2, 0.25) is 0 Å². The molecule has 0 heterocycles. The summed E-state index contributed by atoms with van der Waals surface area (Å²) in [5, 5.41) is 0. The highest BCUT2D eigenvalue weighted by Gasteiger charge is 2.34. The zero-order chi connectivity index (χ0) is 15.5. The Bertz CT molecular complexity index is 621. The molecular weight excluding hydrogens is 277 g/mol. The number of ketones is 1. The Balaban J connectivity index is 2.20. The van der Waals surface area contributed by atoms with Gasteiger partial charge in [-0.15, -0.1) is 0 Å². The van der Waals surface area contributed by atoms with Crippen molar-refractivity contribution in [2.75, 3.05) is 0 Å². The molecule has 21 heavy (non-hydrogen) atoms. The number of alkyl halides is 3. The number of carbonyl (C=O) groups is 1. The van der Waals surface area contributed by atoms with E-state index in [4.69, 9.17) is 0 Å². The first kappa shape index (κ1) is 15.3. The number of halogens is 3. The molecule has 110 valence electrons. The Morgan fingerprint density at radius 3 is 2.62 bits per heavy atom. The average Bonchev–Trinajstić information content (AvgIpc) is 2.45. The molecule has 0 aromatic heterocycles. The van der Waals surface area contributed by atoms with Gasteiger partial charge >= 0.3 is 6.18 Å². The van der Waals surface area contributed by atoms with Gasteiger partial charge in [-0.3, -0.25) is 4.79 Å². The molecule has 1 aromatic carbocycles. The highest BCUT2D eigenvalue weighted by atomic mass is 19.4.